The van der Waals surface area contributed by atoms with Crippen LogP contribution in [0.5, 0.6) is 5.75 Å². The molecule has 0 radical (unpaired) electrons. The standard InChI is InChI=1S/C22H18BrNO6S/c23-12-19(25)15-9-10-20(30-13-14-5-2-1-3-6-14)18(11-15)16-7-4-8-17(22(26)27)21(16)31(24,28)29/h1-11H,12-13H2,(H,26,27)(H2,24,28,29). The average molecular weight is 504 g/mol. The Hall–Kier alpha value is -3.01. The lowest BCUT2D eigenvalue weighted by Crippen LogP contribution is -2.18. The first-order valence-electron chi connectivity index (χ1n) is 9.01. The zero-order valence-corrected chi connectivity index (χ0v) is 18.5. The highest BCUT2D eigenvalue weighted by atomic mass is 79.9. The molecule has 0 saturated carbocycles. The lowest BCUT2D eigenvalue weighted by molar-refractivity contribution is 0.0692. The molecule has 7 nitrogen and oxygen atoms in total. The summed E-state index contributed by atoms with van der Waals surface area (Å²) in [5.41, 5.74) is 0.996. The highest BCUT2D eigenvalue weighted by Gasteiger charge is 2.26. The second kappa shape index (κ2) is 9.42. The van der Waals surface area contributed by atoms with Crippen molar-refractivity contribution in [3.8, 4) is 16.9 Å². The maximum absolute atomic E-state index is 12.3. The number of alkyl halides is 1. The van der Waals surface area contributed by atoms with Crippen molar-refractivity contribution in [1.82, 2.24) is 0 Å². The van der Waals surface area contributed by atoms with Gasteiger partial charge in [0.05, 0.1) is 10.9 Å². The number of carbonyl (C=O) groups is 2. The monoisotopic (exact) mass is 503 g/mol. The van der Waals surface area contributed by atoms with Gasteiger partial charge in [-0.05, 0) is 29.8 Å². The van der Waals surface area contributed by atoms with Gasteiger partial charge in [0.25, 0.3) is 0 Å². The van der Waals surface area contributed by atoms with Crippen LogP contribution in [0.25, 0.3) is 11.1 Å². The number of carboxylic acids is 1. The fourth-order valence-electron chi connectivity index (χ4n) is 3.08. The molecule has 3 aromatic carbocycles. The molecule has 160 valence electrons. The van der Waals surface area contributed by atoms with E-state index < -0.39 is 26.5 Å². The van der Waals surface area contributed by atoms with Crippen LogP contribution in [-0.2, 0) is 16.6 Å². The number of carboxylic acid groups (broad SMARTS) is 1. The SMILES string of the molecule is NS(=O)(=O)c1c(C(=O)O)cccc1-c1cc(C(=O)CBr)ccc1OCc1ccccc1. The third-order valence-electron chi connectivity index (χ3n) is 4.48. The summed E-state index contributed by atoms with van der Waals surface area (Å²) in [4.78, 5) is 23.3. The lowest BCUT2D eigenvalue weighted by atomic mass is 9.98. The molecule has 31 heavy (non-hydrogen) atoms. The molecule has 0 unspecified atom stereocenters. The third-order valence-corrected chi connectivity index (χ3v) is 6.00. The van der Waals surface area contributed by atoms with E-state index >= 15 is 0 Å². The van der Waals surface area contributed by atoms with Crippen molar-refractivity contribution < 1.29 is 27.9 Å². The van der Waals surface area contributed by atoms with Crippen LogP contribution in [0, 0.1) is 0 Å². The molecule has 0 bridgehead atoms. The van der Waals surface area contributed by atoms with Crippen molar-refractivity contribution in [3.63, 3.8) is 0 Å². The average Bonchev–Trinajstić information content (AvgIpc) is 2.76. The Morgan fingerprint density at radius 2 is 1.68 bits per heavy atom. The van der Waals surface area contributed by atoms with Crippen LogP contribution < -0.4 is 9.88 Å². The first-order valence-corrected chi connectivity index (χ1v) is 11.7. The summed E-state index contributed by atoms with van der Waals surface area (Å²) >= 11 is 3.11. The highest BCUT2D eigenvalue weighted by molar-refractivity contribution is 9.09. The Bertz CT molecular complexity index is 1240. The minimum Gasteiger partial charge on any atom is -0.488 e. The molecule has 0 amide bonds. The van der Waals surface area contributed by atoms with E-state index in [9.17, 15) is 23.1 Å². The summed E-state index contributed by atoms with van der Waals surface area (Å²) in [6.45, 7) is 0.183. The Morgan fingerprint density at radius 3 is 2.29 bits per heavy atom. The molecule has 0 atom stereocenters. The largest absolute Gasteiger partial charge is 0.488 e. The van der Waals surface area contributed by atoms with E-state index in [1.54, 1.807) is 12.1 Å². The van der Waals surface area contributed by atoms with E-state index in [0.717, 1.165) is 11.6 Å². The fraction of sp³-hybridized carbons (Fsp3) is 0.0909. The first kappa shape index (κ1) is 22.7. The molecule has 0 aliphatic carbocycles. The molecule has 0 saturated heterocycles. The molecule has 0 aromatic heterocycles. The number of sulfonamides is 1. The maximum Gasteiger partial charge on any atom is 0.337 e. The van der Waals surface area contributed by atoms with E-state index in [1.165, 1.54) is 18.2 Å². The van der Waals surface area contributed by atoms with Crippen molar-refractivity contribution in [2.75, 3.05) is 5.33 Å². The van der Waals surface area contributed by atoms with Gasteiger partial charge in [-0.2, -0.15) is 0 Å². The molecular weight excluding hydrogens is 486 g/mol. The number of hydrogen-bond donors (Lipinski definition) is 2. The van der Waals surface area contributed by atoms with Crippen molar-refractivity contribution in [2.24, 2.45) is 5.14 Å². The number of carbonyl (C=O) groups excluding carboxylic acids is 1. The second-order valence-electron chi connectivity index (χ2n) is 6.57. The number of ketones is 1. The minimum atomic E-state index is -4.41. The molecule has 3 N–H and O–H groups in total. The molecule has 9 heteroatoms. The van der Waals surface area contributed by atoms with Gasteiger partial charge in [-0.25, -0.2) is 18.4 Å². The lowest BCUT2D eigenvalue weighted by Gasteiger charge is -2.16. The zero-order chi connectivity index (χ0) is 22.6. The normalized spacial score (nSPS) is 11.2. The Balaban J connectivity index is 2.22. The van der Waals surface area contributed by atoms with Crippen LogP contribution in [0.15, 0.2) is 71.6 Å². The molecule has 0 heterocycles. The number of hydrogen-bond acceptors (Lipinski definition) is 5. The van der Waals surface area contributed by atoms with E-state index in [0.29, 0.717) is 5.56 Å². The quantitative estimate of drug-likeness (QED) is 0.355. The maximum atomic E-state index is 12.3. The predicted molar refractivity (Wildman–Crippen MR) is 119 cm³/mol. The summed E-state index contributed by atoms with van der Waals surface area (Å²) < 4.78 is 30.5. The number of primary sulfonamides is 1. The van der Waals surface area contributed by atoms with E-state index in [4.69, 9.17) is 9.88 Å². The van der Waals surface area contributed by atoms with Crippen molar-refractivity contribution in [2.45, 2.75) is 11.5 Å². The molecule has 0 fully saturated rings. The molecule has 0 aliphatic heterocycles. The fourth-order valence-corrected chi connectivity index (χ4v) is 4.35. The van der Waals surface area contributed by atoms with Crippen LogP contribution in [-0.4, -0.2) is 30.6 Å². The van der Waals surface area contributed by atoms with Crippen LogP contribution >= 0.6 is 15.9 Å². The van der Waals surface area contributed by atoms with Crippen LogP contribution in [0.3, 0.4) is 0 Å². The molecule has 3 rings (SSSR count). The Labute approximate surface area is 187 Å². The van der Waals surface area contributed by atoms with Gasteiger partial charge in [0, 0.05) is 16.7 Å². The minimum absolute atomic E-state index is 0.0367. The second-order valence-corrected chi connectivity index (χ2v) is 8.63. The molecule has 3 aromatic rings. The zero-order valence-electron chi connectivity index (χ0n) is 16.1. The molecule has 0 aliphatic rings. The topological polar surface area (TPSA) is 124 Å². The summed E-state index contributed by atoms with van der Waals surface area (Å²) in [5.74, 6) is -1.39. The van der Waals surface area contributed by atoms with Crippen LogP contribution in [0.2, 0.25) is 0 Å². The molecule has 0 spiro atoms. The number of rotatable bonds is 8. The summed E-state index contributed by atoms with van der Waals surface area (Å²) in [5, 5.41) is 14.9. The van der Waals surface area contributed by atoms with Crippen molar-refractivity contribution >= 4 is 37.7 Å². The van der Waals surface area contributed by atoms with Crippen LogP contribution in [0.1, 0.15) is 26.3 Å². The van der Waals surface area contributed by atoms with Gasteiger partial charge in [-0.15, -0.1) is 0 Å². The van der Waals surface area contributed by atoms with Crippen molar-refractivity contribution in [1.29, 1.82) is 0 Å². The predicted octanol–water partition coefficient (Wildman–Crippen LogP) is 3.86. The summed E-state index contributed by atoms with van der Waals surface area (Å²) in [6.07, 6.45) is 0. The first-order chi connectivity index (χ1) is 14.7. The van der Waals surface area contributed by atoms with Gasteiger partial charge < -0.3 is 9.84 Å². The van der Waals surface area contributed by atoms with E-state index in [1.807, 2.05) is 30.3 Å². The highest BCUT2D eigenvalue weighted by Crippen LogP contribution is 2.37. The van der Waals surface area contributed by atoms with Gasteiger partial charge in [0.15, 0.2) is 5.78 Å². The Kier molecular flexibility index (Phi) is 6.89. The molecular formula is C22H18BrNO6S. The number of ether oxygens (including phenoxy) is 1. The smallest absolute Gasteiger partial charge is 0.337 e. The van der Waals surface area contributed by atoms with E-state index in [2.05, 4.69) is 15.9 Å². The van der Waals surface area contributed by atoms with Gasteiger partial charge in [-0.3, -0.25) is 4.79 Å². The number of aromatic carboxylic acids is 1. The summed E-state index contributed by atoms with van der Waals surface area (Å²) in [6, 6.07) is 17.9. The van der Waals surface area contributed by atoms with Gasteiger partial charge in [0.2, 0.25) is 10.0 Å². The van der Waals surface area contributed by atoms with Crippen molar-refractivity contribution in [3.05, 3.63) is 83.4 Å². The summed E-state index contributed by atoms with van der Waals surface area (Å²) in [7, 11) is -4.41. The van der Waals surface area contributed by atoms with Crippen LogP contribution in [0.4, 0.5) is 0 Å². The number of halogens is 1. The third kappa shape index (κ3) is 5.19. The number of nitrogens with two attached hydrogens (primary N) is 1. The van der Waals surface area contributed by atoms with E-state index in [-0.39, 0.29) is 34.6 Å². The number of benzene rings is 3. The van der Waals surface area contributed by atoms with Gasteiger partial charge in [0.1, 0.15) is 17.3 Å². The Morgan fingerprint density at radius 1 is 0.968 bits per heavy atom. The van der Waals surface area contributed by atoms with Gasteiger partial charge >= 0.3 is 5.97 Å². The van der Waals surface area contributed by atoms with Gasteiger partial charge in [-0.1, -0.05) is 58.4 Å². The number of Topliss-reactive ketones (excluding diaryl/α,β-unsaturated/α-hetero) is 1.